The van der Waals surface area contributed by atoms with Crippen molar-refractivity contribution in [2.24, 2.45) is 17.8 Å². The van der Waals surface area contributed by atoms with Gasteiger partial charge in [-0.1, -0.05) is 20.8 Å². The fraction of sp³-hybridized carbons (Fsp3) is 0.727. The first-order chi connectivity index (χ1) is 11.5. The van der Waals surface area contributed by atoms with Gasteiger partial charge in [0.1, 0.15) is 0 Å². The summed E-state index contributed by atoms with van der Waals surface area (Å²) in [4.78, 5) is 0. The molecule has 3 unspecified atom stereocenters. The zero-order valence-electron chi connectivity index (χ0n) is 16.4. The molecule has 25 heavy (non-hydrogen) atoms. The van der Waals surface area contributed by atoms with Crippen molar-refractivity contribution in [3.8, 4) is 0 Å². The second-order valence-electron chi connectivity index (χ2n) is 8.16. The monoisotopic (exact) mass is 418 g/mol. The van der Waals surface area contributed by atoms with Gasteiger partial charge >= 0.3 is 0 Å². The van der Waals surface area contributed by atoms with Crippen LogP contribution < -0.4 is 0 Å². The summed E-state index contributed by atoms with van der Waals surface area (Å²) in [7, 11) is 0. The first kappa shape index (κ1) is 21.5. The van der Waals surface area contributed by atoms with Gasteiger partial charge in [0.05, 0.1) is 12.7 Å². The number of hydrogen-bond acceptors (Lipinski definition) is 2. The molecule has 2 aliphatic rings. The van der Waals surface area contributed by atoms with E-state index in [1.54, 1.807) is 0 Å². The Bertz CT molecular complexity index is 537. The van der Waals surface area contributed by atoms with Gasteiger partial charge in [-0.05, 0) is 50.9 Å². The van der Waals surface area contributed by atoms with Gasteiger partial charge in [-0.2, -0.15) is 34.9 Å². The fourth-order valence-corrected chi connectivity index (χ4v) is 4.15. The molecule has 2 fully saturated rings. The van der Waals surface area contributed by atoms with E-state index < -0.39 is 0 Å². The Morgan fingerprint density at radius 1 is 1.08 bits per heavy atom. The molecule has 0 bridgehead atoms. The Balaban J connectivity index is 0.00000225. The average Bonchev–Trinajstić information content (AvgIpc) is 2.57. The zero-order valence-corrected chi connectivity index (χ0v) is 19.2. The molecule has 3 rings (SSSR count). The van der Waals surface area contributed by atoms with Gasteiger partial charge in [0, 0.05) is 45.0 Å². The average molecular weight is 418 g/mol. The second-order valence-corrected chi connectivity index (χ2v) is 8.16. The van der Waals surface area contributed by atoms with Crippen LogP contribution in [0.1, 0.15) is 62.6 Å². The van der Waals surface area contributed by atoms with Crippen molar-refractivity contribution < 1.29 is 42.2 Å². The molecule has 1 radical (unpaired) electrons. The molecule has 0 N–H and O–H groups in total. The Morgan fingerprint density at radius 2 is 1.76 bits per heavy atom. The summed E-state index contributed by atoms with van der Waals surface area (Å²) in [5, 5.41) is 0. The molecule has 1 heterocycles. The van der Waals surface area contributed by atoms with Crippen LogP contribution in [-0.2, 0) is 48.6 Å². The molecule has 1 saturated carbocycles. The Morgan fingerprint density at radius 3 is 2.44 bits per heavy atom. The Kier molecular flexibility index (Phi) is 8.59. The predicted molar refractivity (Wildman–Crippen MR) is 98.0 cm³/mol. The van der Waals surface area contributed by atoms with Gasteiger partial charge in [-0.15, -0.1) is 0 Å². The van der Waals surface area contributed by atoms with E-state index in [4.69, 9.17) is 9.47 Å². The summed E-state index contributed by atoms with van der Waals surface area (Å²) in [5.74, 6) is 2.14. The van der Waals surface area contributed by atoms with Crippen molar-refractivity contribution in [3.63, 3.8) is 0 Å². The van der Waals surface area contributed by atoms with Gasteiger partial charge in [0.15, 0.2) is 6.29 Å². The van der Waals surface area contributed by atoms with E-state index in [1.807, 2.05) is 0 Å². The molecule has 3 heteroatoms. The molecular weight excluding hydrogens is 385 g/mol. The normalized spacial score (nSPS) is 32.9. The zero-order chi connectivity index (χ0) is 17.1. The molecule has 0 amide bonds. The molecule has 1 aromatic carbocycles. The summed E-state index contributed by atoms with van der Waals surface area (Å²) >= 11 is 0. The van der Waals surface area contributed by atoms with Crippen molar-refractivity contribution in [1.29, 1.82) is 0 Å². The number of rotatable bonds is 4. The summed E-state index contributed by atoms with van der Waals surface area (Å²) in [5.41, 5.74) is 4.26. The third-order valence-electron chi connectivity index (χ3n) is 6.34. The minimum atomic E-state index is 0. The quantitative estimate of drug-likeness (QED) is 0.623. The Labute approximate surface area is 179 Å². The van der Waals surface area contributed by atoms with Crippen LogP contribution in [0.15, 0.2) is 12.1 Å². The van der Waals surface area contributed by atoms with Crippen molar-refractivity contribution in [3.05, 3.63) is 34.9 Å². The predicted octanol–water partition coefficient (Wildman–Crippen LogP) is 5.24. The third-order valence-corrected chi connectivity index (χ3v) is 6.34. The first-order valence-electron chi connectivity index (χ1n) is 9.76. The van der Waals surface area contributed by atoms with Gasteiger partial charge < -0.3 is 9.47 Å². The smallest absolute Gasteiger partial charge is 0.158 e. The molecular formula is C22H33O2Y-. The second kappa shape index (κ2) is 9.97. The van der Waals surface area contributed by atoms with E-state index in [1.165, 1.54) is 48.8 Å². The molecule has 0 spiro atoms. The minimum Gasteiger partial charge on any atom is -0.352 e. The maximum absolute atomic E-state index is 6.03. The third kappa shape index (κ3) is 5.86. The van der Waals surface area contributed by atoms with Gasteiger partial charge in [-0.25, -0.2) is 0 Å². The largest absolute Gasteiger partial charge is 0.352 e. The maximum atomic E-state index is 6.03. The van der Waals surface area contributed by atoms with Crippen LogP contribution in [0.4, 0.5) is 0 Å². The van der Waals surface area contributed by atoms with Crippen molar-refractivity contribution in [2.45, 2.75) is 78.6 Å². The van der Waals surface area contributed by atoms with Crippen molar-refractivity contribution in [1.82, 2.24) is 0 Å². The van der Waals surface area contributed by atoms with E-state index in [2.05, 4.69) is 45.9 Å². The van der Waals surface area contributed by atoms with Crippen LogP contribution in [0.5, 0.6) is 0 Å². The molecule has 2 nitrogen and oxygen atoms in total. The SMILES string of the molecule is Cc1[c-]ccc(CC2CCC(CC3OCC(C)C(C)O3)CC2)c1C.[Y]. The van der Waals surface area contributed by atoms with Crippen LogP contribution >= 0.6 is 0 Å². The van der Waals surface area contributed by atoms with Crippen molar-refractivity contribution >= 4 is 0 Å². The summed E-state index contributed by atoms with van der Waals surface area (Å²) in [6.45, 7) is 9.65. The van der Waals surface area contributed by atoms with Crippen LogP contribution in [0, 0.1) is 37.7 Å². The van der Waals surface area contributed by atoms with Crippen molar-refractivity contribution in [2.75, 3.05) is 6.61 Å². The number of ether oxygens (including phenoxy) is 2. The molecule has 1 saturated heterocycles. The van der Waals surface area contributed by atoms with Crippen LogP contribution in [0.25, 0.3) is 0 Å². The summed E-state index contributed by atoms with van der Waals surface area (Å²) in [6.07, 6.45) is 8.04. The molecule has 1 aliphatic carbocycles. The number of aryl methyl sites for hydroxylation is 1. The van der Waals surface area contributed by atoms with Gasteiger partial charge in [0.25, 0.3) is 0 Å². The molecule has 1 aromatic rings. The standard InChI is InChI=1S/C22H33O2.Y/c1-15-6-5-7-21(17(15)3)12-19-8-10-20(11-9-19)13-22-23-14-16(2)18(4)24-22;/h5,7,16,18-20,22H,8-14H2,1-4H3;/q-1;. The Hall–Kier alpha value is 0.244. The topological polar surface area (TPSA) is 18.5 Å². The van der Waals surface area contributed by atoms with Gasteiger partial charge in [0.2, 0.25) is 0 Å². The first-order valence-corrected chi connectivity index (χ1v) is 9.76. The van der Waals surface area contributed by atoms with Crippen LogP contribution in [0.3, 0.4) is 0 Å². The van der Waals surface area contributed by atoms with E-state index >= 15 is 0 Å². The summed E-state index contributed by atoms with van der Waals surface area (Å²) < 4.78 is 11.9. The summed E-state index contributed by atoms with van der Waals surface area (Å²) in [6, 6.07) is 7.66. The van der Waals surface area contributed by atoms with E-state index in [9.17, 15) is 0 Å². The fourth-order valence-electron chi connectivity index (χ4n) is 4.15. The number of benzene rings is 1. The molecule has 0 aromatic heterocycles. The number of hydrogen-bond donors (Lipinski definition) is 0. The molecule has 1 aliphatic heterocycles. The van der Waals surface area contributed by atoms with Crippen LogP contribution in [-0.4, -0.2) is 19.0 Å². The minimum absolute atomic E-state index is 0. The molecule has 3 atom stereocenters. The molecule has 137 valence electrons. The maximum Gasteiger partial charge on any atom is 0.158 e. The van der Waals surface area contributed by atoms with E-state index in [0.717, 1.165) is 24.9 Å². The van der Waals surface area contributed by atoms with E-state index in [-0.39, 0.29) is 39.0 Å². The van der Waals surface area contributed by atoms with Gasteiger partial charge in [-0.3, -0.25) is 0 Å². The van der Waals surface area contributed by atoms with Crippen LogP contribution in [0.2, 0.25) is 0 Å². The van der Waals surface area contributed by atoms with E-state index in [0.29, 0.717) is 12.0 Å².